The Labute approximate surface area is 114 Å². The molecule has 0 aromatic heterocycles. The number of halogens is 1. The van der Waals surface area contributed by atoms with E-state index in [9.17, 15) is 14.0 Å². The number of benzene rings is 1. The number of nitrogens with one attached hydrogen (secondary N) is 1. The van der Waals surface area contributed by atoms with Crippen molar-refractivity contribution in [3.63, 3.8) is 0 Å². The van der Waals surface area contributed by atoms with Crippen molar-refractivity contribution in [1.82, 2.24) is 5.32 Å². The lowest BCUT2D eigenvalue weighted by Crippen LogP contribution is -2.44. The zero-order valence-electron chi connectivity index (χ0n) is 10.5. The minimum atomic E-state index is -1.01. The van der Waals surface area contributed by atoms with E-state index < -0.39 is 29.7 Å². The van der Waals surface area contributed by atoms with Gasteiger partial charge in [0.15, 0.2) is 6.61 Å². The van der Waals surface area contributed by atoms with Gasteiger partial charge in [-0.25, -0.2) is 4.39 Å². The number of carbonyl (C=O) groups is 2. The van der Waals surface area contributed by atoms with E-state index in [4.69, 9.17) is 14.6 Å². The van der Waals surface area contributed by atoms with Crippen LogP contribution in [0.3, 0.4) is 0 Å². The molecular weight excluding hydrogens is 269 g/mol. The second-order valence-electron chi connectivity index (χ2n) is 4.40. The van der Waals surface area contributed by atoms with E-state index in [2.05, 4.69) is 5.32 Å². The summed E-state index contributed by atoms with van der Waals surface area (Å²) in [5.41, 5.74) is 0. The molecule has 2 rings (SSSR count). The van der Waals surface area contributed by atoms with Crippen molar-refractivity contribution in [2.75, 3.05) is 19.8 Å². The summed E-state index contributed by atoms with van der Waals surface area (Å²) in [6.07, 6.45) is 0. The standard InChI is InChI=1S/C13H14FNO5/c14-8-1-3-9(4-2-8)20-7-12(16)15-11-6-19-5-10(11)13(17)18/h1-4,10-11H,5-7H2,(H,15,16)(H,17,18). The monoisotopic (exact) mass is 283 g/mol. The lowest BCUT2D eigenvalue weighted by atomic mass is 10.0. The van der Waals surface area contributed by atoms with Gasteiger partial charge < -0.3 is 19.9 Å². The zero-order valence-corrected chi connectivity index (χ0v) is 10.5. The first kappa shape index (κ1) is 14.3. The Bertz CT molecular complexity index is 490. The lowest BCUT2D eigenvalue weighted by molar-refractivity contribution is -0.142. The molecular formula is C13H14FNO5. The average Bonchev–Trinajstić information content (AvgIpc) is 2.86. The van der Waals surface area contributed by atoms with Crippen molar-refractivity contribution in [2.24, 2.45) is 5.92 Å². The van der Waals surface area contributed by atoms with Gasteiger partial charge >= 0.3 is 5.97 Å². The lowest BCUT2D eigenvalue weighted by Gasteiger charge is -2.15. The summed E-state index contributed by atoms with van der Waals surface area (Å²) >= 11 is 0. The van der Waals surface area contributed by atoms with E-state index in [1.807, 2.05) is 0 Å². The Morgan fingerprint density at radius 2 is 2.05 bits per heavy atom. The maximum absolute atomic E-state index is 12.7. The van der Waals surface area contributed by atoms with Crippen molar-refractivity contribution in [3.05, 3.63) is 30.1 Å². The number of hydrogen-bond donors (Lipinski definition) is 2. The van der Waals surface area contributed by atoms with Crippen molar-refractivity contribution in [2.45, 2.75) is 6.04 Å². The van der Waals surface area contributed by atoms with Crippen LogP contribution in [-0.4, -0.2) is 42.8 Å². The number of carbonyl (C=O) groups excluding carboxylic acids is 1. The summed E-state index contributed by atoms with van der Waals surface area (Å²) in [6, 6.07) is 4.69. The predicted octanol–water partition coefficient (Wildman–Crippen LogP) is 0.420. The molecule has 0 saturated carbocycles. The van der Waals surface area contributed by atoms with Crippen LogP contribution in [0.15, 0.2) is 24.3 Å². The van der Waals surface area contributed by atoms with Crippen LogP contribution in [0.2, 0.25) is 0 Å². The molecule has 20 heavy (non-hydrogen) atoms. The quantitative estimate of drug-likeness (QED) is 0.818. The van der Waals surface area contributed by atoms with Gasteiger partial charge in [0.25, 0.3) is 5.91 Å². The van der Waals surface area contributed by atoms with Gasteiger partial charge in [-0.3, -0.25) is 9.59 Å². The Morgan fingerprint density at radius 3 is 2.70 bits per heavy atom. The summed E-state index contributed by atoms with van der Waals surface area (Å²) in [6.45, 7) is -0.0210. The first-order valence-corrected chi connectivity index (χ1v) is 6.04. The van der Waals surface area contributed by atoms with Gasteiger partial charge in [-0.15, -0.1) is 0 Å². The molecule has 7 heteroatoms. The second kappa shape index (κ2) is 6.33. The van der Waals surface area contributed by atoms with Crippen LogP contribution in [0.1, 0.15) is 0 Å². The van der Waals surface area contributed by atoms with E-state index in [1.165, 1.54) is 24.3 Å². The highest BCUT2D eigenvalue weighted by molar-refractivity contribution is 5.79. The van der Waals surface area contributed by atoms with E-state index in [0.717, 1.165) is 0 Å². The Balaban J connectivity index is 1.80. The fraction of sp³-hybridized carbons (Fsp3) is 0.385. The smallest absolute Gasteiger partial charge is 0.311 e. The number of rotatable bonds is 5. The molecule has 1 saturated heterocycles. The third-order valence-electron chi connectivity index (χ3n) is 2.93. The largest absolute Gasteiger partial charge is 0.484 e. The first-order chi connectivity index (χ1) is 9.56. The highest BCUT2D eigenvalue weighted by Crippen LogP contribution is 2.14. The van der Waals surface area contributed by atoms with Crippen LogP contribution in [0.4, 0.5) is 4.39 Å². The number of hydrogen-bond acceptors (Lipinski definition) is 4. The van der Waals surface area contributed by atoms with Gasteiger partial charge in [0.1, 0.15) is 17.5 Å². The molecule has 1 aliphatic rings. The fourth-order valence-electron chi connectivity index (χ4n) is 1.87. The molecule has 1 amide bonds. The van der Waals surface area contributed by atoms with Gasteiger partial charge in [-0.1, -0.05) is 0 Å². The molecule has 1 heterocycles. The van der Waals surface area contributed by atoms with Gasteiger partial charge in [-0.2, -0.15) is 0 Å². The molecule has 0 aliphatic carbocycles. The van der Waals surface area contributed by atoms with Crippen LogP contribution < -0.4 is 10.1 Å². The van der Waals surface area contributed by atoms with E-state index in [-0.39, 0.29) is 19.8 Å². The summed E-state index contributed by atoms with van der Waals surface area (Å²) in [4.78, 5) is 22.6. The molecule has 1 fully saturated rings. The minimum Gasteiger partial charge on any atom is -0.484 e. The maximum atomic E-state index is 12.7. The van der Waals surface area contributed by atoms with Gasteiger partial charge in [0, 0.05) is 0 Å². The molecule has 1 aliphatic heterocycles. The van der Waals surface area contributed by atoms with Gasteiger partial charge in [0.2, 0.25) is 0 Å². The van der Waals surface area contributed by atoms with Crippen molar-refractivity contribution in [3.8, 4) is 5.75 Å². The molecule has 2 N–H and O–H groups in total. The van der Waals surface area contributed by atoms with Crippen molar-refractivity contribution in [1.29, 1.82) is 0 Å². The van der Waals surface area contributed by atoms with Gasteiger partial charge in [0.05, 0.1) is 19.3 Å². The van der Waals surface area contributed by atoms with Crippen LogP contribution >= 0.6 is 0 Å². The van der Waals surface area contributed by atoms with E-state index >= 15 is 0 Å². The Morgan fingerprint density at radius 1 is 1.35 bits per heavy atom. The predicted molar refractivity (Wildman–Crippen MR) is 65.8 cm³/mol. The minimum absolute atomic E-state index is 0.0824. The molecule has 6 nitrogen and oxygen atoms in total. The number of aliphatic carboxylic acids is 1. The van der Waals surface area contributed by atoms with Gasteiger partial charge in [-0.05, 0) is 24.3 Å². The molecule has 0 spiro atoms. The molecule has 2 atom stereocenters. The molecule has 2 unspecified atom stereocenters. The number of carboxylic acids is 1. The first-order valence-electron chi connectivity index (χ1n) is 6.04. The maximum Gasteiger partial charge on any atom is 0.311 e. The Hall–Kier alpha value is -2.15. The highest BCUT2D eigenvalue weighted by Gasteiger charge is 2.34. The summed E-state index contributed by atoms with van der Waals surface area (Å²) in [5.74, 6) is -2.23. The van der Waals surface area contributed by atoms with E-state index in [1.54, 1.807) is 0 Å². The second-order valence-corrected chi connectivity index (χ2v) is 4.40. The number of amides is 1. The number of carboxylic acid groups (broad SMARTS) is 1. The SMILES string of the molecule is O=C(COc1ccc(F)cc1)NC1COCC1C(=O)O. The van der Waals surface area contributed by atoms with Crippen LogP contribution in [0.25, 0.3) is 0 Å². The third kappa shape index (κ3) is 3.67. The Kier molecular flexibility index (Phi) is 4.52. The fourth-order valence-corrected chi connectivity index (χ4v) is 1.87. The molecule has 1 aromatic carbocycles. The average molecular weight is 283 g/mol. The molecule has 108 valence electrons. The van der Waals surface area contributed by atoms with E-state index in [0.29, 0.717) is 5.75 Å². The van der Waals surface area contributed by atoms with Crippen molar-refractivity contribution >= 4 is 11.9 Å². The molecule has 0 radical (unpaired) electrons. The summed E-state index contributed by atoms with van der Waals surface area (Å²) in [7, 11) is 0. The van der Waals surface area contributed by atoms with Crippen LogP contribution in [0.5, 0.6) is 5.75 Å². The zero-order chi connectivity index (χ0) is 14.5. The summed E-state index contributed by atoms with van der Waals surface area (Å²) < 4.78 is 22.9. The highest BCUT2D eigenvalue weighted by atomic mass is 19.1. The molecule has 1 aromatic rings. The molecule has 0 bridgehead atoms. The number of ether oxygens (including phenoxy) is 2. The summed E-state index contributed by atoms with van der Waals surface area (Å²) in [5, 5.41) is 11.5. The van der Waals surface area contributed by atoms with Crippen molar-refractivity contribution < 1.29 is 28.6 Å². The van der Waals surface area contributed by atoms with Crippen LogP contribution in [0, 0.1) is 11.7 Å². The third-order valence-corrected chi connectivity index (χ3v) is 2.93. The normalized spacial score (nSPS) is 21.4. The topological polar surface area (TPSA) is 84.9 Å². The van der Waals surface area contributed by atoms with Crippen LogP contribution in [-0.2, 0) is 14.3 Å².